The van der Waals surface area contributed by atoms with Gasteiger partial charge in [-0.25, -0.2) is 0 Å². The number of para-hydroxylation sites is 1. The molecule has 21 heavy (non-hydrogen) atoms. The van der Waals surface area contributed by atoms with Crippen molar-refractivity contribution in [1.29, 1.82) is 0 Å². The van der Waals surface area contributed by atoms with Crippen molar-refractivity contribution >= 4 is 11.6 Å². The van der Waals surface area contributed by atoms with E-state index in [-0.39, 0.29) is 11.8 Å². The molecule has 0 spiro atoms. The van der Waals surface area contributed by atoms with E-state index < -0.39 is 0 Å². The van der Waals surface area contributed by atoms with Crippen molar-refractivity contribution in [3.05, 3.63) is 29.8 Å². The van der Waals surface area contributed by atoms with Gasteiger partial charge in [-0.2, -0.15) is 0 Å². The Balaban J connectivity index is 1.62. The zero-order chi connectivity index (χ0) is 15.1. The molecule has 0 aromatic heterocycles. The minimum Gasteiger partial charge on any atom is -0.326 e. The largest absolute Gasteiger partial charge is 0.326 e. The SMILES string of the molecule is CCCCCCCC[C@H]1C[C@@H]1C(=O)Nc1ccccc1C. The number of benzene rings is 1. The molecule has 0 aliphatic heterocycles. The number of hydrogen-bond acceptors (Lipinski definition) is 1. The van der Waals surface area contributed by atoms with E-state index >= 15 is 0 Å². The lowest BCUT2D eigenvalue weighted by Crippen LogP contribution is -2.15. The molecule has 1 aliphatic rings. The van der Waals surface area contributed by atoms with Gasteiger partial charge in [-0.05, 0) is 37.3 Å². The third-order valence-corrected chi connectivity index (χ3v) is 4.59. The van der Waals surface area contributed by atoms with Crippen molar-refractivity contribution in [2.45, 2.75) is 65.2 Å². The fourth-order valence-electron chi connectivity index (χ4n) is 3.01. The van der Waals surface area contributed by atoms with Crippen LogP contribution in [0.4, 0.5) is 5.69 Å². The first-order valence-corrected chi connectivity index (χ1v) is 8.59. The zero-order valence-electron chi connectivity index (χ0n) is 13.5. The van der Waals surface area contributed by atoms with Crippen molar-refractivity contribution < 1.29 is 4.79 Å². The van der Waals surface area contributed by atoms with Gasteiger partial charge >= 0.3 is 0 Å². The molecule has 0 saturated heterocycles. The quantitative estimate of drug-likeness (QED) is 0.612. The molecule has 1 fully saturated rings. The summed E-state index contributed by atoms with van der Waals surface area (Å²) in [6, 6.07) is 8.00. The maximum atomic E-state index is 12.2. The Hall–Kier alpha value is -1.31. The van der Waals surface area contributed by atoms with Crippen molar-refractivity contribution in [2.75, 3.05) is 5.32 Å². The molecule has 1 amide bonds. The van der Waals surface area contributed by atoms with Gasteiger partial charge in [0.1, 0.15) is 0 Å². The van der Waals surface area contributed by atoms with Crippen LogP contribution < -0.4 is 5.32 Å². The van der Waals surface area contributed by atoms with Crippen molar-refractivity contribution in [1.82, 2.24) is 0 Å². The number of anilines is 1. The van der Waals surface area contributed by atoms with Crippen molar-refractivity contribution in [2.24, 2.45) is 11.8 Å². The number of unbranched alkanes of at least 4 members (excludes halogenated alkanes) is 5. The number of amides is 1. The molecule has 2 heteroatoms. The number of carbonyl (C=O) groups is 1. The highest BCUT2D eigenvalue weighted by Crippen LogP contribution is 2.43. The van der Waals surface area contributed by atoms with Gasteiger partial charge < -0.3 is 5.32 Å². The van der Waals surface area contributed by atoms with Crippen LogP contribution in [0, 0.1) is 18.8 Å². The molecule has 2 atom stereocenters. The van der Waals surface area contributed by atoms with Gasteiger partial charge in [0.25, 0.3) is 0 Å². The molecule has 1 aliphatic carbocycles. The normalized spacial score (nSPS) is 20.3. The Morgan fingerprint density at radius 2 is 1.86 bits per heavy atom. The molecule has 0 heterocycles. The molecule has 0 radical (unpaired) electrons. The number of rotatable bonds is 9. The second kappa shape index (κ2) is 8.21. The smallest absolute Gasteiger partial charge is 0.227 e. The van der Waals surface area contributed by atoms with Gasteiger partial charge in [-0.15, -0.1) is 0 Å². The van der Waals surface area contributed by atoms with Crippen LogP contribution in [0.25, 0.3) is 0 Å². The number of nitrogens with one attached hydrogen (secondary N) is 1. The van der Waals surface area contributed by atoms with Crippen LogP contribution in [-0.4, -0.2) is 5.91 Å². The van der Waals surface area contributed by atoms with Gasteiger partial charge in [0.15, 0.2) is 0 Å². The zero-order valence-corrected chi connectivity index (χ0v) is 13.5. The Morgan fingerprint density at radius 3 is 2.62 bits per heavy atom. The summed E-state index contributed by atoms with van der Waals surface area (Å²) < 4.78 is 0. The van der Waals surface area contributed by atoms with Crippen LogP contribution in [0.3, 0.4) is 0 Å². The molecule has 2 rings (SSSR count). The third kappa shape index (κ3) is 5.18. The number of aryl methyl sites for hydroxylation is 1. The van der Waals surface area contributed by atoms with Crippen LogP contribution in [-0.2, 0) is 4.79 Å². The van der Waals surface area contributed by atoms with Gasteiger partial charge in [-0.1, -0.05) is 63.6 Å². The predicted octanol–water partition coefficient (Wildman–Crippen LogP) is 5.32. The second-order valence-electron chi connectivity index (χ2n) is 6.46. The topological polar surface area (TPSA) is 29.1 Å². The molecular weight excluding hydrogens is 258 g/mol. The first-order valence-electron chi connectivity index (χ1n) is 8.59. The van der Waals surface area contributed by atoms with Crippen LogP contribution in [0.2, 0.25) is 0 Å². The Morgan fingerprint density at radius 1 is 1.14 bits per heavy atom. The van der Waals surface area contributed by atoms with Crippen LogP contribution in [0.15, 0.2) is 24.3 Å². The van der Waals surface area contributed by atoms with E-state index in [4.69, 9.17) is 0 Å². The minimum atomic E-state index is 0.222. The molecule has 1 aromatic rings. The van der Waals surface area contributed by atoms with Gasteiger partial charge in [0.05, 0.1) is 0 Å². The fourth-order valence-corrected chi connectivity index (χ4v) is 3.01. The molecule has 116 valence electrons. The Labute approximate surface area is 129 Å². The molecule has 2 nitrogen and oxygen atoms in total. The average Bonchev–Trinajstić information content (AvgIpc) is 3.25. The molecular formula is C19H29NO. The van der Waals surface area contributed by atoms with Crippen LogP contribution in [0.1, 0.15) is 63.9 Å². The Bertz CT molecular complexity index is 455. The van der Waals surface area contributed by atoms with E-state index in [0.29, 0.717) is 5.92 Å². The summed E-state index contributed by atoms with van der Waals surface area (Å²) in [6.07, 6.45) is 10.4. The van der Waals surface area contributed by atoms with Gasteiger partial charge in [-0.3, -0.25) is 4.79 Å². The van der Waals surface area contributed by atoms with E-state index in [1.54, 1.807) is 0 Å². The van der Waals surface area contributed by atoms with E-state index in [0.717, 1.165) is 17.7 Å². The fraction of sp³-hybridized carbons (Fsp3) is 0.632. The minimum absolute atomic E-state index is 0.222. The van der Waals surface area contributed by atoms with E-state index in [1.807, 2.05) is 31.2 Å². The lowest BCUT2D eigenvalue weighted by molar-refractivity contribution is -0.117. The van der Waals surface area contributed by atoms with E-state index in [2.05, 4.69) is 12.2 Å². The maximum Gasteiger partial charge on any atom is 0.227 e. The summed E-state index contributed by atoms with van der Waals surface area (Å²) in [5, 5.41) is 3.08. The second-order valence-corrected chi connectivity index (χ2v) is 6.46. The first-order chi connectivity index (χ1) is 10.2. The lowest BCUT2D eigenvalue weighted by Gasteiger charge is -2.07. The van der Waals surface area contributed by atoms with E-state index in [9.17, 15) is 4.79 Å². The summed E-state index contributed by atoms with van der Waals surface area (Å²) in [5.74, 6) is 1.13. The summed E-state index contributed by atoms with van der Waals surface area (Å²) in [4.78, 5) is 12.2. The highest BCUT2D eigenvalue weighted by atomic mass is 16.2. The number of hydrogen-bond donors (Lipinski definition) is 1. The van der Waals surface area contributed by atoms with Crippen molar-refractivity contribution in [3.8, 4) is 0 Å². The summed E-state index contributed by atoms with van der Waals surface area (Å²) in [6.45, 7) is 4.29. The highest BCUT2D eigenvalue weighted by Gasteiger charge is 2.42. The predicted molar refractivity (Wildman–Crippen MR) is 89.4 cm³/mol. The standard InChI is InChI=1S/C19H29NO/c1-3-4-5-6-7-8-12-16-14-17(16)19(21)20-18-13-10-9-11-15(18)2/h9-11,13,16-17H,3-8,12,14H2,1-2H3,(H,20,21)/t16-,17-/m0/s1. The first kappa shape index (κ1) is 16.1. The van der Waals surface area contributed by atoms with Crippen molar-refractivity contribution in [3.63, 3.8) is 0 Å². The average molecular weight is 287 g/mol. The van der Waals surface area contributed by atoms with Gasteiger partial charge in [0, 0.05) is 11.6 Å². The number of carbonyl (C=O) groups excluding carboxylic acids is 1. The highest BCUT2D eigenvalue weighted by molar-refractivity contribution is 5.95. The third-order valence-electron chi connectivity index (χ3n) is 4.59. The van der Waals surface area contributed by atoms with E-state index in [1.165, 1.54) is 44.9 Å². The molecule has 1 aromatic carbocycles. The summed E-state index contributed by atoms with van der Waals surface area (Å²) >= 11 is 0. The lowest BCUT2D eigenvalue weighted by atomic mass is 10.1. The van der Waals surface area contributed by atoms with Crippen LogP contribution in [0.5, 0.6) is 0 Å². The molecule has 1 N–H and O–H groups in total. The monoisotopic (exact) mass is 287 g/mol. The Kier molecular flexibility index (Phi) is 6.28. The van der Waals surface area contributed by atoms with Crippen LogP contribution >= 0.6 is 0 Å². The summed E-state index contributed by atoms with van der Waals surface area (Å²) in [7, 11) is 0. The summed E-state index contributed by atoms with van der Waals surface area (Å²) in [5.41, 5.74) is 2.10. The molecule has 0 bridgehead atoms. The van der Waals surface area contributed by atoms with Gasteiger partial charge in [0.2, 0.25) is 5.91 Å². The molecule has 1 saturated carbocycles. The maximum absolute atomic E-state index is 12.2. The molecule has 0 unspecified atom stereocenters.